The second kappa shape index (κ2) is 5.68. The van der Waals surface area contributed by atoms with E-state index in [4.69, 9.17) is 0 Å². The first-order chi connectivity index (χ1) is 11.1. The van der Waals surface area contributed by atoms with Crippen LogP contribution < -0.4 is 0 Å². The largest absolute Gasteiger partial charge is 0.508 e. The third-order valence-corrected chi connectivity index (χ3v) is 6.18. The topological polar surface area (TPSA) is 40.5 Å². The van der Waals surface area contributed by atoms with Crippen LogP contribution in [0.4, 0.5) is 0 Å². The van der Waals surface area contributed by atoms with Gasteiger partial charge in [-0.3, -0.25) is 4.79 Å². The molecular weight excluding hydrogens is 306 g/mol. The predicted molar refractivity (Wildman–Crippen MR) is 91.7 cm³/mol. The molecule has 4 heteroatoms. The van der Waals surface area contributed by atoms with E-state index in [9.17, 15) is 9.90 Å². The van der Waals surface area contributed by atoms with Gasteiger partial charge in [0.1, 0.15) is 5.75 Å². The summed E-state index contributed by atoms with van der Waals surface area (Å²) in [7, 11) is 0. The van der Waals surface area contributed by atoms with Crippen LogP contribution in [0.15, 0.2) is 36.4 Å². The Kier molecular flexibility index (Phi) is 3.64. The van der Waals surface area contributed by atoms with Crippen molar-refractivity contribution in [3.63, 3.8) is 0 Å². The molecule has 1 saturated carbocycles. The Morgan fingerprint density at radius 2 is 2.00 bits per heavy atom. The molecule has 0 unspecified atom stereocenters. The van der Waals surface area contributed by atoms with Crippen molar-refractivity contribution >= 4 is 17.2 Å². The number of benzene rings is 1. The fraction of sp³-hybridized carbons (Fsp3) is 0.421. The molecule has 1 aliphatic carbocycles. The number of carbonyl (C=O) groups excluding carboxylic acids is 1. The Hall–Kier alpha value is -1.81. The molecule has 4 rings (SSSR count). The Morgan fingerprint density at radius 3 is 2.70 bits per heavy atom. The maximum Gasteiger partial charge on any atom is 0.226 e. The lowest BCUT2D eigenvalue weighted by Gasteiger charge is -2.25. The number of amides is 1. The maximum atomic E-state index is 12.9. The van der Waals surface area contributed by atoms with Crippen LogP contribution in [0.1, 0.15) is 46.5 Å². The molecule has 1 aliphatic heterocycles. The molecule has 120 valence electrons. The normalized spacial score (nSPS) is 26.5. The van der Waals surface area contributed by atoms with Gasteiger partial charge in [-0.1, -0.05) is 12.1 Å². The summed E-state index contributed by atoms with van der Waals surface area (Å²) in [5.41, 5.74) is 1.14. The van der Waals surface area contributed by atoms with Crippen molar-refractivity contribution in [2.45, 2.75) is 38.1 Å². The zero-order chi connectivity index (χ0) is 16.0. The fourth-order valence-electron chi connectivity index (χ4n) is 3.72. The second-order valence-electron chi connectivity index (χ2n) is 6.68. The average Bonchev–Trinajstić information content (AvgIpc) is 2.98. The van der Waals surface area contributed by atoms with Crippen LogP contribution in [0, 0.1) is 12.8 Å². The number of hydrogen-bond donors (Lipinski definition) is 1. The van der Waals surface area contributed by atoms with Gasteiger partial charge in [0, 0.05) is 28.1 Å². The monoisotopic (exact) mass is 327 g/mol. The third kappa shape index (κ3) is 2.76. The third-order valence-electron chi connectivity index (χ3n) is 5.05. The summed E-state index contributed by atoms with van der Waals surface area (Å²) in [6.07, 6.45) is 3.08. The number of nitrogens with zero attached hydrogens (tertiary/aromatic N) is 1. The van der Waals surface area contributed by atoms with E-state index in [0.29, 0.717) is 11.8 Å². The molecule has 0 bridgehead atoms. The summed E-state index contributed by atoms with van der Waals surface area (Å²) >= 11 is 1.82. The predicted octanol–water partition coefficient (Wildman–Crippen LogP) is 4.23. The van der Waals surface area contributed by atoms with Crippen LogP contribution in [0.5, 0.6) is 5.75 Å². The highest BCUT2D eigenvalue weighted by Crippen LogP contribution is 2.51. The summed E-state index contributed by atoms with van der Waals surface area (Å²) < 4.78 is 0. The highest BCUT2D eigenvalue weighted by molar-refractivity contribution is 7.12. The van der Waals surface area contributed by atoms with Gasteiger partial charge in [-0.15, -0.1) is 11.3 Å². The number of carbonyl (C=O) groups is 1. The SMILES string of the molecule is Cc1ccc([C@H]2C[C@H]2C(=O)N2CCC[C@@H]2c2ccc(O)cc2)s1. The number of hydrogen-bond acceptors (Lipinski definition) is 3. The van der Waals surface area contributed by atoms with Gasteiger partial charge in [0.05, 0.1) is 6.04 Å². The molecule has 2 aliphatic rings. The fourth-order valence-corrected chi connectivity index (χ4v) is 4.78. The number of likely N-dealkylation sites (tertiary alicyclic amines) is 1. The first kappa shape index (κ1) is 14.8. The van der Waals surface area contributed by atoms with Crippen LogP contribution in [-0.2, 0) is 4.79 Å². The van der Waals surface area contributed by atoms with E-state index in [2.05, 4.69) is 24.0 Å². The van der Waals surface area contributed by atoms with Crippen molar-refractivity contribution in [2.24, 2.45) is 5.92 Å². The van der Waals surface area contributed by atoms with Crippen molar-refractivity contribution in [3.8, 4) is 5.75 Å². The lowest BCUT2D eigenvalue weighted by atomic mass is 10.0. The molecule has 1 saturated heterocycles. The quantitative estimate of drug-likeness (QED) is 0.916. The number of phenolic OH excluding ortho intramolecular Hbond substituents is 1. The molecule has 2 fully saturated rings. The van der Waals surface area contributed by atoms with E-state index >= 15 is 0 Å². The van der Waals surface area contributed by atoms with Crippen LogP contribution >= 0.6 is 11.3 Å². The summed E-state index contributed by atoms with van der Waals surface area (Å²) in [5.74, 6) is 1.20. The Balaban J connectivity index is 1.49. The van der Waals surface area contributed by atoms with Gasteiger partial charge in [-0.2, -0.15) is 0 Å². The van der Waals surface area contributed by atoms with Crippen molar-refractivity contribution < 1.29 is 9.90 Å². The number of aromatic hydroxyl groups is 1. The summed E-state index contributed by atoms with van der Waals surface area (Å²) in [6.45, 7) is 2.98. The van der Waals surface area contributed by atoms with Gasteiger partial charge in [-0.25, -0.2) is 0 Å². The molecule has 1 aromatic carbocycles. The Labute approximate surface area is 140 Å². The highest BCUT2D eigenvalue weighted by Gasteiger charge is 2.48. The van der Waals surface area contributed by atoms with Crippen LogP contribution in [0.2, 0.25) is 0 Å². The van der Waals surface area contributed by atoms with Crippen LogP contribution in [0.3, 0.4) is 0 Å². The maximum absolute atomic E-state index is 12.9. The number of phenols is 1. The van der Waals surface area contributed by atoms with Crippen molar-refractivity contribution in [1.82, 2.24) is 4.90 Å². The van der Waals surface area contributed by atoms with Crippen LogP contribution in [0.25, 0.3) is 0 Å². The van der Waals surface area contributed by atoms with E-state index in [0.717, 1.165) is 31.4 Å². The molecule has 1 aromatic heterocycles. The van der Waals surface area contributed by atoms with Gasteiger partial charge >= 0.3 is 0 Å². The van der Waals surface area contributed by atoms with Gasteiger partial charge in [0.25, 0.3) is 0 Å². The van der Waals surface area contributed by atoms with Crippen LogP contribution in [-0.4, -0.2) is 22.5 Å². The van der Waals surface area contributed by atoms with Gasteiger partial charge < -0.3 is 10.0 Å². The highest BCUT2D eigenvalue weighted by atomic mass is 32.1. The standard InChI is InChI=1S/C19H21NO2S/c1-12-4-9-18(23-12)15-11-16(15)19(22)20-10-2-3-17(20)13-5-7-14(21)8-6-13/h4-9,15-17,21H,2-3,10-11H2,1H3/t15-,16+,17+/m0/s1. The van der Waals surface area contributed by atoms with E-state index in [1.807, 2.05) is 23.5 Å². The molecule has 2 heterocycles. The van der Waals surface area contributed by atoms with E-state index in [1.54, 1.807) is 12.1 Å². The van der Waals surface area contributed by atoms with E-state index in [1.165, 1.54) is 9.75 Å². The number of thiophene rings is 1. The molecule has 3 nitrogen and oxygen atoms in total. The summed E-state index contributed by atoms with van der Waals surface area (Å²) in [4.78, 5) is 17.7. The minimum atomic E-state index is 0.172. The molecule has 1 N–H and O–H groups in total. The first-order valence-electron chi connectivity index (χ1n) is 8.29. The number of aryl methyl sites for hydroxylation is 1. The van der Waals surface area contributed by atoms with Crippen molar-refractivity contribution in [2.75, 3.05) is 6.54 Å². The number of rotatable bonds is 3. The minimum Gasteiger partial charge on any atom is -0.508 e. The molecule has 3 atom stereocenters. The second-order valence-corrected chi connectivity index (χ2v) is 8.00. The van der Waals surface area contributed by atoms with Gasteiger partial charge in [0.15, 0.2) is 0 Å². The minimum absolute atomic E-state index is 0.172. The van der Waals surface area contributed by atoms with Gasteiger partial charge in [0.2, 0.25) is 5.91 Å². The molecule has 1 amide bonds. The zero-order valence-electron chi connectivity index (χ0n) is 13.2. The van der Waals surface area contributed by atoms with Crippen molar-refractivity contribution in [3.05, 3.63) is 51.7 Å². The lowest BCUT2D eigenvalue weighted by molar-refractivity contribution is -0.133. The molecular formula is C19H21NO2S. The van der Waals surface area contributed by atoms with E-state index < -0.39 is 0 Å². The first-order valence-corrected chi connectivity index (χ1v) is 9.11. The van der Waals surface area contributed by atoms with E-state index in [-0.39, 0.29) is 17.7 Å². The van der Waals surface area contributed by atoms with Gasteiger partial charge in [-0.05, 0) is 56.0 Å². The molecule has 2 aromatic rings. The molecule has 0 radical (unpaired) electrons. The summed E-state index contributed by atoms with van der Waals surface area (Å²) in [6, 6.07) is 11.8. The smallest absolute Gasteiger partial charge is 0.226 e. The molecule has 23 heavy (non-hydrogen) atoms. The Morgan fingerprint density at radius 1 is 1.22 bits per heavy atom. The average molecular weight is 327 g/mol. The van der Waals surface area contributed by atoms with Crippen molar-refractivity contribution in [1.29, 1.82) is 0 Å². The summed E-state index contributed by atoms with van der Waals surface area (Å²) in [5, 5.41) is 9.46. The lowest BCUT2D eigenvalue weighted by Crippen LogP contribution is -2.32. The Bertz CT molecular complexity index is 721. The molecule has 0 spiro atoms. The zero-order valence-corrected chi connectivity index (χ0v) is 14.1.